The summed E-state index contributed by atoms with van der Waals surface area (Å²) in [5.41, 5.74) is 5.59. The molecule has 1 saturated heterocycles. The fraction of sp³-hybridized carbons (Fsp3) is 1.00. The second kappa shape index (κ2) is 6.43. The van der Waals surface area contributed by atoms with Gasteiger partial charge in [0.05, 0.1) is 18.3 Å². The lowest BCUT2D eigenvalue weighted by molar-refractivity contribution is -0.0707. The molecule has 90 valence electrons. The Balaban J connectivity index is 2.25. The molecule has 0 radical (unpaired) electrons. The number of methoxy groups -OCH3 is 1. The Hall–Kier alpha value is -0.160. The van der Waals surface area contributed by atoms with E-state index in [2.05, 4.69) is 18.7 Å². The quantitative estimate of drug-likeness (QED) is 0.725. The zero-order valence-electron chi connectivity index (χ0n) is 10.1. The normalized spacial score (nSPS) is 30.4. The molecule has 1 fully saturated rings. The molecule has 1 aliphatic heterocycles. The van der Waals surface area contributed by atoms with Gasteiger partial charge in [0.2, 0.25) is 0 Å². The van der Waals surface area contributed by atoms with Crippen LogP contribution in [0.1, 0.15) is 20.3 Å². The first kappa shape index (κ1) is 12.9. The average molecular weight is 216 g/mol. The number of morpholine rings is 1. The van der Waals surface area contributed by atoms with Crippen molar-refractivity contribution < 1.29 is 9.47 Å². The Morgan fingerprint density at radius 1 is 1.40 bits per heavy atom. The van der Waals surface area contributed by atoms with Crippen LogP contribution in [0.2, 0.25) is 0 Å². The van der Waals surface area contributed by atoms with E-state index in [0.717, 1.165) is 26.1 Å². The maximum Gasteiger partial charge on any atom is 0.0705 e. The van der Waals surface area contributed by atoms with E-state index in [4.69, 9.17) is 15.2 Å². The van der Waals surface area contributed by atoms with Crippen molar-refractivity contribution in [2.45, 2.75) is 38.6 Å². The van der Waals surface area contributed by atoms with Crippen LogP contribution in [0.25, 0.3) is 0 Å². The van der Waals surface area contributed by atoms with Gasteiger partial charge >= 0.3 is 0 Å². The minimum atomic E-state index is 0.193. The van der Waals surface area contributed by atoms with E-state index in [0.29, 0.717) is 18.8 Å². The number of ether oxygens (including phenoxy) is 2. The summed E-state index contributed by atoms with van der Waals surface area (Å²) in [5.74, 6) is 0. The van der Waals surface area contributed by atoms with Crippen LogP contribution in [0, 0.1) is 0 Å². The van der Waals surface area contributed by atoms with Gasteiger partial charge in [0, 0.05) is 33.3 Å². The molecule has 1 aliphatic rings. The third-order valence-electron chi connectivity index (χ3n) is 2.86. The van der Waals surface area contributed by atoms with Crippen LogP contribution in [0.4, 0.5) is 0 Å². The SMILES string of the molecule is COC(CN)CCN1CC(C)OC(C)C1. The molecule has 0 aromatic rings. The van der Waals surface area contributed by atoms with Gasteiger partial charge in [0.15, 0.2) is 0 Å². The molecule has 0 spiro atoms. The molecule has 0 amide bonds. The molecular weight excluding hydrogens is 192 g/mol. The Bertz CT molecular complexity index is 164. The second-order valence-corrected chi connectivity index (χ2v) is 4.40. The predicted octanol–water partition coefficient (Wildman–Crippen LogP) is 0.459. The van der Waals surface area contributed by atoms with Crippen LogP contribution >= 0.6 is 0 Å². The van der Waals surface area contributed by atoms with Crippen LogP contribution in [0.5, 0.6) is 0 Å². The lowest BCUT2D eigenvalue weighted by Gasteiger charge is -2.35. The molecular formula is C11H24N2O2. The van der Waals surface area contributed by atoms with Gasteiger partial charge in [-0.05, 0) is 20.3 Å². The molecule has 3 atom stereocenters. The predicted molar refractivity (Wildman–Crippen MR) is 60.9 cm³/mol. The molecule has 0 saturated carbocycles. The molecule has 15 heavy (non-hydrogen) atoms. The van der Waals surface area contributed by atoms with Crippen molar-refractivity contribution in [3.05, 3.63) is 0 Å². The minimum Gasteiger partial charge on any atom is -0.380 e. The number of nitrogens with two attached hydrogens (primary N) is 1. The van der Waals surface area contributed by atoms with Crippen molar-refractivity contribution in [3.63, 3.8) is 0 Å². The van der Waals surface area contributed by atoms with Crippen molar-refractivity contribution in [2.24, 2.45) is 5.73 Å². The first-order valence-electron chi connectivity index (χ1n) is 5.76. The summed E-state index contributed by atoms with van der Waals surface area (Å²) in [5, 5.41) is 0. The zero-order chi connectivity index (χ0) is 11.3. The summed E-state index contributed by atoms with van der Waals surface area (Å²) >= 11 is 0. The van der Waals surface area contributed by atoms with Crippen LogP contribution in [0.15, 0.2) is 0 Å². The molecule has 0 aromatic heterocycles. The van der Waals surface area contributed by atoms with Crippen molar-refractivity contribution in [1.29, 1.82) is 0 Å². The second-order valence-electron chi connectivity index (χ2n) is 4.40. The lowest BCUT2D eigenvalue weighted by atomic mass is 10.2. The van der Waals surface area contributed by atoms with Crippen LogP contribution in [-0.4, -0.2) is 56.5 Å². The van der Waals surface area contributed by atoms with Crippen molar-refractivity contribution >= 4 is 0 Å². The van der Waals surface area contributed by atoms with Gasteiger partial charge in [-0.15, -0.1) is 0 Å². The highest BCUT2D eigenvalue weighted by Crippen LogP contribution is 2.11. The monoisotopic (exact) mass is 216 g/mol. The molecule has 2 N–H and O–H groups in total. The summed E-state index contributed by atoms with van der Waals surface area (Å²) in [6.45, 7) is 7.94. The molecule has 1 rings (SSSR count). The van der Waals surface area contributed by atoms with Crippen molar-refractivity contribution in [2.75, 3.05) is 33.3 Å². The standard InChI is InChI=1S/C11H24N2O2/c1-9-7-13(8-10(2)15-9)5-4-11(6-12)14-3/h9-11H,4-8,12H2,1-3H3. The summed E-state index contributed by atoms with van der Waals surface area (Å²) < 4.78 is 10.9. The Morgan fingerprint density at radius 3 is 2.47 bits per heavy atom. The molecule has 1 heterocycles. The Kier molecular flexibility index (Phi) is 5.53. The molecule has 0 bridgehead atoms. The average Bonchev–Trinajstić information content (AvgIpc) is 2.18. The first-order valence-corrected chi connectivity index (χ1v) is 5.76. The molecule has 0 aliphatic carbocycles. The number of hydrogen-bond donors (Lipinski definition) is 1. The van der Waals surface area contributed by atoms with Gasteiger partial charge < -0.3 is 15.2 Å². The maximum atomic E-state index is 5.68. The zero-order valence-corrected chi connectivity index (χ0v) is 10.1. The van der Waals surface area contributed by atoms with E-state index in [9.17, 15) is 0 Å². The number of nitrogens with zero attached hydrogens (tertiary/aromatic N) is 1. The van der Waals surface area contributed by atoms with E-state index in [1.54, 1.807) is 7.11 Å². The van der Waals surface area contributed by atoms with Gasteiger partial charge in [0.1, 0.15) is 0 Å². The smallest absolute Gasteiger partial charge is 0.0705 e. The Morgan fingerprint density at radius 2 is 2.00 bits per heavy atom. The lowest BCUT2D eigenvalue weighted by Crippen LogP contribution is -2.46. The summed E-state index contributed by atoms with van der Waals surface area (Å²) in [7, 11) is 1.72. The summed E-state index contributed by atoms with van der Waals surface area (Å²) in [6, 6.07) is 0. The third kappa shape index (κ3) is 4.47. The molecule has 4 nitrogen and oxygen atoms in total. The molecule has 0 aromatic carbocycles. The maximum absolute atomic E-state index is 5.68. The Labute approximate surface area is 92.7 Å². The van der Waals surface area contributed by atoms with Crippen molar-refractivity contribution in [1.82, 2.24) is 4.90 Å². The number of rotatable bonds is 5. The van der Waals surface area contributed by atoms with Crippen LogP contribution < -0.4 is 5.73 Å². The van der Waals surface area contributed by atoms with Crippen LogP contribution in [-0.2, 0) is 9.47 Å². The molecule has 4 heteroatoms. The highest BCUT2D eigenvalue weighted by Gasteiger charge is 2.22. The number of hydrogen-bond acceptors (Lipinski definition) is 4. The van der Waals surface area contributed by atoms with E-state index in [-0.39, 0.29) is 6.10 Å². The van der Waals surface area contributed by atoms with Gasteiger partial charge in [-0.25, -0.2) is 0 Å². The van der Waals surface area contributed by atoms with E-state index in [1.807, 2.05) is 0 Å². The van der Waals surface area contributed by atoms with Crippen LogP contribution in [0.3, 0.4) is 0 Å². The first-order chi connectivity index (χ1) is 7.15. The minimum absolute atomic E-state index is 0.193. The highest BCUT2D eigenvalue weighted by molar-refractivity contribution is 4.74. The highest BCUT2D eigenvalue weighted by atomic mass is 16.5. The summed E-state index contributed by atoms with van der Waals surface area (Å²) in [4.78, 5) is 2.43. The van der Waals surface area contributed by atoms with Gasteiger partial charge in [-0.3, -0.25) is 4.90 Å². The van der Waals surface area contributed by atoms with Crippen molar-refractivity contribution in [3.8, 4) is 0 Å². The van der Waals surface area contributed by atoms with E-state index in [1.165, 1.54) is 0 Å². The van der Waals surface area contributed by atoms with Gasteiger partial charge in [0.25, 0.3) is 0 Å². The van der Waals surface area contributed by atoms with Gasteiger partial charge in [-0.2, -0.15) is 0 Å². The third-order valence-corrected chi connectivity index (χ3v) is 2.86. The summed E-state index contributed by atoms with van der Waals surface area (Å²) in [6.07, 6.45) is 1.88. The van der Waals surface area contributed by atoms with E-state index < -0.39 is 0 Å². The van der Waals surface area contributed by atoms with Gasteiger partial charge in [-0.1, -0.05) is 0 Å². The fourth-order valence-electron chi connectivity index (χ4n) is 2.13. The van der Waals surface area contributed by atoms with E-state index >= 15 is 0 Å². The largest absolute Gasteiger partial charge is 0.380 e. The topological polar surface area (TPSA) is 47.7 Å². The molecule has 3 unspecified atom stereocenters. The fourth-order valence-corrected chi connectivity index (χ4v) is 2.13.